The number of carbonyl (C=O) groups is 2. The lowest BCUT2D eigenvalue weighted by molar-refractivity contribution is -0.113. The minimum atomic E-state index is -2.93. The van der Waals surface area contributed by atoms with Crippen LogP contribution in [0.3, 0.4) is 0 Å². The average molecular weight is 555 g/mol. The zero-order valence-electron chi connectivity index (χ0n) is 22.0. The summed E-state index contributed by atoms with van der Waals surface area (Å²) in [6.07, 6.45) is 6.65. The predicted octanol–water partition coefficient (Wildman–Crippen LogP) is 4.21. The second kappa shape index (κ2) is 9.79. The Hall–Kier alpha value is -4.16. The number of aryl methyl sites for hydroxylation is 1. The maximum absolute atomic E-state index is 15.9. The Labute approximate surface area is 227 Å². The topological polar surface area (TPSA) is 125 Å². The monoisotopic (exact) mass is 554 g/mol. The number of aromatic nitrogens is 6. The van der Waals surface area contributed by atoms with E-state index in [-0.39, 0.29) is 34.2 Å². The quantitative estimate of drug-likeness (QED) is 0.329. The molecule has 1 saturated heterocycles. The third kappa shape index (κ3) is 4.62. The minimum Gasteiger partial charge on any atom is -0.340 e. The van der Waals surface area contributed by atoms with E-state index in [1.165, 1.54) is 16.9 Å². The number of likely N-dealkylation sites (tertiary alicyclic amines) is 1. The minimum absolute atomic E-state index is 0.0477. The molecule has 1 unspecified atom stereocenters. The largest absolute Gasteiger partial charge is 0.340 e. The molecule has 4 aromatic rings. The summed E-state index contributed by atoms with van der Waals surface area (Å²) in [6, 6.07) is 4.29. The first-order valence-electron chi connectivity index (χ1n) is 13.3. The summed E-state index contributed by atoms with van der Waals surface area (Å²) in [4.78, 5) is 34.7. The summed E-state index contributed by atoms with van der Waals surface area (Å²) < 4.78 is 44.1. The van der Waals surface area contributed by atoms with Crippen molar-refractivity contribution < 1.29 is 22.8 Å². The zero-order chi connectivity index (χ0) is 28.2. The van der Waals surface area contributed by atoms with Crippen LogP contribution in [-0.4, -0.2) is 65.7 Å². The first-order chi connectivity index (χ1) is 19.1. The standard InChI is InChI=1S/C27H29F3N8O2/c1-14-3-5-15(6-4-14)21(35-25(39)19-9-10-32-37(19)2)24-33-18-8-7-16(20(28)23(18)34-24)17-11-31-36-22(17)26(40)38-12-27(29,30)13-38/h7-11,14-15,21H,3-6,12-13H2,1-2H3,(H,31,36)(H,33,34)(H,35,39). The highest BCUT2D eigenvalue weighted by Gasteiger charge is 2.47. The molecule has 13 heteroatoms. The first-order valence-corrected chi connectivity index (χ1v) is 13.3. The van der Waals surface area contributed by atoms with Gasteiger partial charge in [0.05, 0.1) is 30.8 Å². The van der Waals surface area contributed by atoms with Gasteiger partial charge in [-0.25, -0.2) is 18.2 Å². The SMILES string of the molecule is CC1CCC(C(NC(=O)c2ccnn2C)c2nc3c(F)c(-c4cn[nH]c4C(=O)N4CC(F)(F)C4)ccc3[nH]2)CC1. The number of alkyl halides is 2. The van der Waals surface area contributed by atoms with Crippen molar-refractivity contribution in [2.75, 3.05) is 13.1 Å². The summed E-state index contributed by atoms with van der Waals surface area (Å²) in [5.41, 5.74) is 1.03. The van der Waals surface area contributed by atoms with Gasteiger partial charge < -0.3 is 15.2 Å². The number of amides is 2. The van der Waals surface area contributed by atoms with E-state index < -0.39 is 36.8 Å². The van der Waals surface area contributed by atoms with Crippen LogP contribution in [0.2, 0.25) is 0 Å². The fourth-order valence-corrected chi connectivity index (χ4v) is 5.72. The Bertz CT molecular complexity index is 1580. The molecule has 3 N–H and O–H groups in total. The Balaban J connectivity index is 1.33. The van der Waals surface area contributed by atoms with Gasteiger partial charge in [-0.3, -0.25) is 19.4 Å². The zero-order valence-corrected chi connectivity index (χ0v) is 22.0. The van der Waals surface area contributed by atoms with Gasteiger partial charge in [0.25, 0.3) is 17.7 Å². The number of nitrogens with one attached hydrogen (secondary N) is 3. The van der Waals surface area contributed by atoms with Crippen molar-refractivity contribution in [1.82, 2.24) is 40.2 Å². The van der Waals surface area contributed by atoms with Crippen LogP contribution in [0.25, 0.3) is 22.2 Å². The number of nitrogens with zero attached hydrogens (tertiary/aromatic N) is 5. The molecule has 6 rings (SSSR count). The number of rotatable bonds is 6. The molecular weight excluding hydrogens is 525 g/mol. The number of hydrogen-bond donors (Lipinski definition) is 3. The van der Waals surface area contributed by atoms with Crippen LogP contribution in [0.5, 0.6) is 0 Å². The van der Waals surface area contributed by atoms with Crippen LogP contribution >= 0.6 is 0 Å². The van der Waals surface area contributed by atoms with Crippen LogP contribution < -0.4 is 5.32 Å². The number of benzene rings is 1. The van der Waals surface area contributed by atoms with Crippen molar-refractivity contribution in [2.24, 2.45) is 18.9 Å². The Morgan fingerprint density at radius 1 is 1.12 bits per heavy atom. The molecule has 10 nitrogen and oxygen atoms in total. The van der Waals surface area contributed by atoms with Crippen molar-refractivity contribution in [3.63, 3.8) is 0 Å². The molecule has 40 heavy (non-hydrogen) atoms. The third-order valence-electron chi connectivity index (χ3n) is 8.05. The van der Waals surface area contributed by atoms with Gasteiger partial charge in [0.1, 0.15) is 22.7 Å². The Kier molecular flexibility index (Phi) is 6.38. The van der Waals surface area contributed by atoms with Crippen molar-refractivity contribution in [2.45, 2.75) is 44.6 Å². The number of carbonyl (C=O) groups excluding carboxylic acids is 2. The van der Waals surface area contributed by atoms with Crippen LogP contribution in [0.4, 0.5) is 13.2 Å². The number of hydrogen-bond acceptors (Lipinski definition) is 5. The molecule has 1 aromatic carbocycles. The molecule has 2 amide bonds. The van der Waals surface area contributed by atoms with E-state index in [0.29, 0.717) is 23.0 Å². The summed E-state index contributed by atoms with van der Waals surface area (Å²) in [6.45, 7) is 0.820. The highest BCUT2D eigenvalue weighted by Crippen LogP contribution is 2.38. The summed E-state index contributed by atoms with van der Waals surface area (Å²) in [7, 11) is 1.69. The summed E-state index contributed by atoms with van der Waals surface area (Å²) >= 11 is 0. The van der Waals surface area contributed by atoms with Crippen LogP contribution in [-0.2, 0) is 7.05 Å². The van der Waals surface area contributed by atoms with Gasteiger partial charge >= 0.3 is 0 Å². The highest BCUT2D eigenvalue weighted by molar-refractivity contribution is 6.00. The number of halogens is 3. The Morgan fingerprint density at radius 3 is 2.55 bits per heavy atom. The van der Waals surface area contributed by atoms with Crippen molar-refractivity contribution in [3.05, 3.63) is 53.6 Å². The van der Waals surface area contributed by atoms with Gasteiger partial charge in [0, 0.05) is 24.4 Å². The lowest BCUT2D eigenvalue weighted by atomic mass is 9.79. The Morgan fingerprint density at radius 2 is 1.88 bits per heavy atom. The summed E-state index contributed by atoms with van der Waals surface area (Å²) in [5, 5.41) is 13.6. The van der Waals surface area contributed by atoms with E-state index >= 15 is 4.39 Å². The van der Waals surface area contributed by atoms with Gasteiger partial charge in [-0.05, 0) is 42.9 Å². The van der Waals surface area contributed by atoms with E-state index in [1.54, 1.807) is 25.4 Å². The molecule has 1 aliphatic heterocycles. The average Bonchev–Trinajstić information content (AvgIpc) is 3.66. The smallest absolute Gasteiger partial charge is 0.282 e. The van der Waals surface area contributed by atoms with Crippen LogP contribution in [0, 0.1) is 17.7 Å². The van der Waals surface area contributed by atoms with Crippen molar-refractivity contribution in [1.29, 1.82) is 0 Å². The molecule has 4 heterocycles. The molecule has 1 saturated carbocycles. The van der Waals surface area contributed by atoms with E-state index in [0.717, 1.165) is 30.6 Å². The third-order valence-corrected chi connectivity index (χ3v) is 8.05. The molecule has 0 bridgehead atoms. The molecule has 210 valence electrons. The van der Waals surface area contributed by atoms with Crippen molar-refractivity contribution in [3.8, 4) is 11.1 Å². The number of H-pyrrole nitrogens is 2. The van der Waals surface area contributed by atoms with Gasteiger partial charge in [-0.2, -0.15) is 10.2 Å². The number of aromatic amines is 2. The van der Waals surface area contributed by atoms with Gasteiger partial charge in [-0.1, -0.05) is 19.8 Å². The lowest BCUT2D eigenvalue weighted by Gasteiger charge is -2.38. The molecule has 2 aliphatic rings. The van der Waals surface area contributed by atoms with Gasteiger partial charge in [0.15, 0.2) is 5.82 Å². The predicted molar refractivity (Wildman–Crippen MR) is 139 cm³/mol. The highest BCUT2D eigenvalue weighted by atomic mass is 19.3. The van der Waals surface area contributed by atoms with E-state index in [9.17, 15) is 18.4 Å². The molecule has 1 atom stereocenters. The molecule has 0 spiro atoms. The van der Waals surface area contributed by atoms with E-state index in [2.05, 4.69) is 37.5 Å². The number of imidazole rings is 1. The fraction of sp³-hybridized carbons (Fsp3) is 0.444. The second-order valence-corrected chi connectivity index (χ2v) is 10.9. The molecule has 3 aromatic heterocycles. The molecule has 0 radical (unpaired) electrons. The van der Waals surface area contributed by atoms with E-state index in [1.807, 2.05) is 0 Å². The van der Waals surface area contributed by atoms with Gasteiger partial charge in [-0.15, -0.1) is 0 Å². The van der Waals surface area contributed by atoms with Gasteiger partial charge in [0.2, 0.25) is 0 Å². The molecular formula is C27H29F3N8O2. The molecule has 1 aliphatic carbocycles. The fourth-order valence-electron chi connectivity index (χ4n) is 5.72. The molecule has 2 fully saturated rings. The maximum Gasteiger partial charge on any atom is 0.282 e. The normalized spacial score (nSPS) is 21.3. The van der Waals surface area contributed by atoms with Crippen LogP contribution in [0.1, 0.15) is 65.5 Å². The maximum atomic E-state index is 15.9. The van der Waals surface area contributed by atoms with E-state index in [4.69, 9.17) is 0 Å². The van der Waals surface area contributed by atoms with Crippen molar-refractivity contribution >= 4 is 22.8 Å². The lowest BCUT2D eigenvalue weighted by Crippen LogP contribution is -2.58. The number of fused-ring (bicyclic) bond motifs is 1. The summed E-state index contributed by atoms with van der Waals surface area (Å²) in [5.74, 6) is -3.46. The van der Waals surface area contributed by atoms with Crippen LogP contribution in [0.15, 0.2) is 30.6 Å². The second-order valence-electron chi connectivity index (χ2n) is 10.9. The first kappa shape index (κ1) is 26.1.